The molecule has 0 atom stereocenters. The topological polar surface area (TPSA) is 248 Å². The van der Waals surface area contributed by atoms with Crippen LogP contribution in [0.1, 0.15) is 0 Å². The van der Waals surface area contributed by atoms with Gasteiger partial charge in [-0.2, -0.15) is 27.1 Å². The number of nitrogens with two attached hydrogens (primary N) is 1. The van der Waals surface area contributed by atoms with Crippen molar-refractivity contribution in [2.24, 2.45) is 20.5 Å². The molecular formula is C22H16N6O9S2. The van der Waals surface area contributed by atoms with Crippen LogP contribution in [-0.2, 0) is 20.2 Å². The van der Waals surface area contributed by atoms with Crippen LogP contribution in [0.5, 0.6) is 5.75 Å². The molecular weight excluding hydrogens is 556 g/mol. The first-order valence-electron chi connectivity index (χ1n) is 10.5. The Hall–Kier alpha value is -4.84. The summed E-state index contributed by atoms with van der Waals surface area (Å²) in [5.41, 5.74) is 5.66. The normalized spacial score (nSPS) is 12.5. The van der Waals surface area contributed by atoms with Crippen LogP contribution in [0.3, 0.4) is 0 Å². The SMILES string of the molecule is Nc1c(N=Nc2ccc(S(=O)(=O)O)cc2)cc(S(=O)(=O)O)c2ccc(N=Nc3ccc([N+](=O)[O-])cc3)c(O)c12. The highest BCUT2D eigenvalue weighted by molar-refractivity contribution is 7.86. The van der Waals surface area contributed by atoms with Crippen LogP contribution in [-0.4, -0.2) is 36.0 Å². The molecule has 0 amide bonds. The third-order valence-corrected chi connectivity index (χ3v) is 7.02. The van der Waals surface area contributed by atoms with Crippen molar-refractivity contribution in [2.75, 3.05) is 5.73 Å². The predicted octanol–water partition coefficient (Wildman–Crippen LogP) is 5.36. The Labute approximate surface area is 219 Å². The molecule has 4 aromatic carbocycles. The van der Waals surface area contributed by atoms with E-state index in [1.54, 1.807) is 0 Å². The van der Waals surface area contributed by atoms with E-state index < -0.39 is 35.8 Å². The highest BCUT2D eigenvalue weighted by Crippen LogP contribution is 2.45. The van der Waals surface area contributed by atoms with Crippen LogP contribution in [0.2, 0.25) is 0 Å². The van der Waals surface area contributed by atoms with Gasteiger partial charge >= 0.3 is 0 Å². The van der Waals surface area contributed by atoms with Crippen LogP contribution in [0.15, 0.2) is 97.0 Å². The van der Waals surface area contributed by atoms with Crippen LogP contribution < -0.4 is 5.73 Å². The van der Waals surface area contributed by atoms with Crippen molar-refractivity contribution in [2.45, 2.75) is 9.79 Å². The molecule has 5 N–H and O–H groups in total. The first kappa shape index (κ1) is 27.2. The molecule has 200 valence electrons. The Kier molecular flexibility index (Phi) is 7.07. The van der Waals surface area contributed by atoms with Gasteiger partial charge in [0.2, 0.25) is 0 Å². The molecule has 0 spiro atoms. The molecule has 0 aliphatic carbocycles. The average Bonchev–Trinajstić information content (AvgIpc) is 2.87. The van der Waals surface area contributed by atoms with E-state index in [1.807, 2.05) is 0 Å². The quantitative estimate of drug-likeness (QED) is 0.0725. The van der Waals surface area contributed by atoms with Crippen molar-refractivity contribution in [1.82, 2.24) is 0 Å². The van der Waals surface area contributed by atoms with Gasteiger partial charge in [0.15, 0.2) is 5.75 Å². The fraction of sp³-hybridized carbons (Fsp3) is 0. The summed E-state index contributed by atoms with van der Waals surface area (Å²) in [6.07, 6.45) is 0. The lowest BCUT2D eigenvalue weighted by atomic mass is 10.1. The molecule has 0 aliphatic heterocycles. The maximum atomic E-state index is 12.1. The number of phenolic OH excluding ortho intramolecular Hbond substituents is 1. The molecule has 39 heavy (non-hydrogen) atoms. The maximum absolute atomic E-state index is 12.1. The molecule has 17 heteroatoms. The van der Waals surface area contributed by atoms with Gasteiger partial charge < -0.3 is 10.8 Å². The second kappa shape index (κ2) is 10.1. The molecule has 0 fully saturated rings. The third-order valence-electron chi connectivity index (χ3n) is 5.25. The van der Waals surface area contributed by atoms with Crippen LogP contribution in [0, 0.1) is 10.1 Å². The predicted molar refractivity (Wildman–Crippen MR) is 138 cm³/mol. The summed E-state index contributed by atoms with van der Waals surface area (Å²) in [6.45, 7) is 0. The molecule has 0 aromatic heterocycles. The number of anilines is 1. The van der Waals surface area contributed by atoms with E-state index in [1.165, 1.54) is 48.5 Å². The lowest BCUT2D eigenvalue weighted by molar-refractivity contribution is -0.384. The van der Waals surface area contributed by atoms with Crippen molar-refractivity contribution in [3.63, 3.8) is 0 Å². The van der Waals surface area contributed by atoms with E-state index in [-0.39, 0.29) is 49.8 Å². The highest BCUT2D eigenvalue weighted by Gasteiger charge is 2.22. The van der Waals surface area contributed by atoms with Crippen molar-refractivity contribution < 1.29 is 36.0 Å². The van der Waals surface area contributed by atoms with Crippen molar-refractivity contribution in [3.05, 3.63) is 76.8 Å². The van der Waals surface area contributed by atoms with Gasteiger partial charge in [0.1, 0.15) is 16.3 Å². The standard InChI is InChI=1S/C22H16N6O9S2/c23-21-18(27-25-13-3-7-15(8-4-13)38(32,33)34)11-19(39(35,36)37)16-9-10-17(22(29)20(16)21)26-24-12-1-5-14(6-2-12)28(30)31/h1-11,29H,23H2,(H,32,33,34)(H,35,36,37). The summed E-state index contributed by atoms with van der Waals surface area (Å²) in [4.78, 5) is 9.18. The summed E-state index contributed by atoms with van der Waals surface area (Å²) in [7, 11) is -9.28. The van der Waals surface area contributed by atoms with E-state index >= 15 is 0 Å². The van der Waals surface area contributed by atoms with Gasteiger partial charge in [-0.25, -0.2) is 0 Å². The van der Waals surface area contributed by atoms with E-state index in [0.717, 1.165) is 18.2 Å². The largest absolute Gasteiger partial charge is 0.505 e. The van der Waals surface area contributed by atoms with Gasteiger partial charge in [-0.05, 0) is 48.5 Å². The first-order valence-corrected chi connectivity index (χ1v) is 13.3. The number of non-ortho nitro benzene ring substituents is 1. The minimum Gasteiger partial charge on any atom is -0.505 e. The summed E-state index contributed by atoms with van der Waals surface area (Å²) in [5.74, 6) is -0.602. The Bertz CT molecular complexity index is 1890. The van der Waals surface area contributed by atoms with Crippen LogP contribution in [0.25, 0.3) is 10.8 Å². The molecule has 15 nitrogen and oxygen atoms in total. The number of benzene rings is 4. The third kappa shape index (κ3) is 5.85. The van der Waals surface area contributed by atoms with E-state index in [4.69, 9.17) is 10.3 Å². The number of hydrogen-bond acceptors (Lipinski definition) is 12. The molecule has 0 saturated carbocycles. The number of phenols is 1. The van der Waals surface area contributed by atoms with Crippen LogP contribution in [0.4, 0.5) is 34.1 Å². The van der Waals surface area contributed by atoms with Gasteiger partial charge in [-0.1, -0.05) is 6.07 Å². The van der Waals surface area contributed by atoms with Crippen molar-refractivity contribution >= 4 is 65.1 Å². The minimum atomic E-state index is -4.84. The molecule has 0 saturated heterocycles. The Morgan fingerprint density at radius 3 is 1.79 bits per heavy atom. The van der Waals surface area contributed by atoms with Gasteiger partial charge in [0.05, 0.1) is 32.3 Å². The number of nitrogens with zero attached hydrogens (tertiary/aromatic N) is 5. The molecule has 0 heterocycles. The number of nitro groups is 1. The molecule has 0 bridgehead atoms. The van der Waals surface area contributed by atoms with Gasteiger partial charge in [-0.15, -0.1) is 10.2 Å². The highest BCUT2D eigenvalue weighted by atomic mass is 32.2. The lowest BCUT2D eigenvalue weighted by Crippen LogP contribution is -2.01. The Morgan fingerprint density at radius 1 is 0.744 bits per heavy atom. The number of aromatic hydroxyl groups is 1. The second-order valence-electron chi connectivity index (χ2n) is 7.78. The second-order valence-corrected chi connectivity index (χ2v) is 10.6. The van der Waals surface area contributed by atoms with Crippen molar-refractivity contribution in [1.29, 1.82) is 0 Å². The summed E-state index contributed by atoms with van der Waals surface area (Å²) in [6, 6.07) is 13.0. The summed E-state index contributed by atoms with van der Waals surface area (Å²) >= 11 is 0. The average molecular weight is 573 g/mol. The Balaban J connectivity index is 1.80. The number of azo groups is 2. The Morgan fingerprint density at radius 2 is 1.28 bits per heavy atom. The zero-order valence-electron chi connectivity index (χ0n) is 19.3. The van der Waals surface area contributed by atoms with Gasteiger partial charge in [-0.3, -0.25) is 19.2 Å². The molecule has 0 unspecified atom stereocenters. The first-order chi connectivity index (χ1) is 18.3. The fourth-order valence-electron chi connectivity index (χ4n) is 3.39. The van der Waals surface area contributed by atoms with E-state index in [0.29, 0.717) is 0 Å². The molecule has 4 rings (SSSR count). The van der Waals surface area contributed by atoms with Gasteiger partial charge in [0.25, 0.3) is 25.9 Å². The van der Waals surface area contributed by atoms with E-state index in [2.05, 4.69) is 20.5 Å². The summed E-state index contributed by atoms with van der Waals surface area (Å²) < 4.78 is 65.4. The molecule has 4 aromatic rings. The zero-order chi connectivity index (χ0) is 28.5. The number of nitrogen functional groups attached to an aromatic ring is 1. The fourth-order valence-corrected chi connectivity index (χ4v) is 4.58. The molecule has 0 aliphatic rings. The number of nitro benzene ring substituents is 1. The van der Waals surface area contributed by atoms with E-state index in [9.17, 15) is 36.6 Å². The lowest BCUT2D eigenvalue weighted by Gasteiger charge is -2.12. The monoisotopic (exact) mass is 572 g/mol. The number of hydrogen-bond donors (Lipinski definition) is 4. The maximum Gasteiger partial charge on any atom is 0.295 e. The molecule has 0 radical (unpaired) electrons. The number of rotatable bonds is 7. The summed E-state index contributed by atoms with van der Waals surface area (Å²) in [5, 5.41) is 36.8. The van der Waals surface area contributed by atoms with Gasteiger partial charge in [0, 0.05) is 17.5 Å². The minimum absolute atomic E-state index is 0.102. The number of fused-ring (bicyclic) bond motifs is 1. The van der Waals surface area contributed by atoms with Crippen LogP contribution >= 0.6 is 0 Å². The smallest absolute Gasteiger partial charge is 0.295 e. The zero-order valence-corrected chi connectivity index (χ0v) is 20.9. The van der Waals surface area contributed by atoms with Crippen molar-refractivity contribution in [3.8, 4) is 5.75 Å².